The first-order chi connectivity index (χ1) is 12.3. The molecule has 136 valence electrons. The highest BCUT2D eigenvalue weighted by Crippen LogP contribution is 2.37. The molecule has 0 unspecified atom stereocenters. The van der Waals surface area contributed by atoms with E-state index in [2.05, 4.69) is 68.2 Å². The summed E-state index contributed by atoms with van der Waals surface area (Å²) in [4.78, 5) is 0. The summed E-state index contributed by atoms with van der Waals surface area (Å²) in [5, 5.41) is 10.7. The molecule has 0 saturated heterocycles. The summed E-state index contributed by atoms with van der Waals surface area (Å²) >= 11 is 7.99. The fourth-order valence-electron chi connectivity index (χ4n) is 2.81. The SMILES string of the molecule is C[C@@H](Sc1nnc(-c2ccc(C(C)(C)C)cc2)n1C)c1ccccc1Cl. The van der Waals surface area contributed by atoms with Crippen LogP contribution in [0.3, 0.4) is 0 Å². The van der Waals surface area contributed by atoms with Crippen LogP contribution < -0.4 is 0 Å². The molecule has 0 bridgehead atoms. The average Bonchev–Trinajstić information content (AvgIpc) is 2.95. The van der Waals surface area contributed by atoms with Crippen LogP contribution in [-0.4, -0.2) is 14.8 Å². The Morgan fingerprint density at radius 1 is 1.00 bits per heavy atom. The topological polar surface area (TPSA) is 30.7 Å². The van der Waals surface area contributed by atoms with Gasteiger partial charge < -0.3 is 4.57 Å². The van der Waals surface area contributed by atoms with E-state index in [0.717, 1.165) is 27.1 Å². The van der Waals surface area contributed by atoms with Crippen molar-refractivity contribution in [3.05, 3.63) is 64.7 Å². The summed E-state index contributed by atoms with van der Waals surface area (Å²) in [6.45, 7) is 8.79. The number of nitrogens with zero attached hydrogens (tertiary/aromatic N) is 3. The molecule has 0 radical (unpaired) electrons. The fourth-order valence-corrected chi connectivity index (χ4v) is 4.16. The van der Waals surface area contributed by atoms with Gasteiger partial charge in [0.05, 0.1) is 0 Å². The summed E-state index contributed by atoms with van der Waals surface area (Å²) in [5.74, 6) is 0.874. The molecule has 1 heterocycles. The lowest BCUT2D eigenvalue weighted by Gasteiger charge is -2.19. The maximum absolute atomic E-state index is 6.32. The number of benzene rings is 2. The van der Waals surface area contributed by atoms with Gasteiger partial charge in [0, 0.05) is 22.9 Å². The van der Waals surface area contributed by atoms with Gasteiger partial charge in [0.25, 0.3) is 0 Å². The van der Waals surface area contributed by atoms with Crippen LogP contribution in [0.2, 0.25) is 5.02 Å². The number of rotatable bonds is 4. The van der Waals surface area contributed by atoms with Gasteiger partial charge >= 0.3 is 0 Å². The molecule has 0 aliphatic heterocycles. The summed E-state index contributed by atoms with van der Waals surface area (Å²) in [7, 11) is 2.01. The number of hydrogen-bond acceptors (Lipinski definition) is 3. The highest BCUT2D eigenvalue weighted by molar-refractivity contribution is 7.99. The quantitative estimate of drug-likeness (QED) is 0.494. The smallest absolute Gasteiger partial charge is 0.191 e. The van der Waals surface area contributed by atoms with Crippen LogP contribution in [0.1, 0.15) is 44.1 Å². The Hall–Kier alpha value is -1.78. The predicted octanol–water partition coefficient (Wildman–Crippen LogP) is 6.29. The first-order valence-electron chi connectivity index (χ1n) is 8.69. The lowest BCUT2D eigenvalue weighted by molar-refractivity contribution is 0.590. The van der Waals surface area contributed by atoms with Crippen LogP contribution in [0.5, 0.6) is 0 Å². The van der Waals surface area contributed by atoms with Gasteiger partial charge in [-0.3, -0.25) is 0 Å². The number of thioether (sulfide) groups is 1. The Kier molecular flexibility index (Phi) is 5.44. The monoisotopic (exact) mass is 385 g/mol. The van der Waals surface area contributed by atoms with E-state index in [-0.39, 0.29) is 10.7 Å². The van der Waals surface area contributed by atoms with Crippen molar-refractivity contribution < 1.29 is 0 Å². The van der Waals surface area contributed by atoms with Gasteiger partial charge in [0.15, 0.2) is 11.0 Å². The molecule has 0 spiro atoms. The third kappa shape index (κ3) is 3.97. The molecule has 0 aliphatic carbocycles. The van der Waals surface area contributed by atoms with Gasteiger partial charge in [-0.25, -0.2) is 0 Å². The number of hydrogen-bond donors (Lipinski definition) is 0. The first kappa shape index (κ1) is 19.0. The van der Waals surface area contributed by atoms with Crippen molar-refractivity contribution in [2.75, 3.05) is 0 Å². The minimum absolute atomic E-state index is 0.143. The summed E-state index contributed by atoms with van der Waals surface area (Å²) in [6.07, 6.45) is 0. The summed E-state index contributed by atoms with van der Waals surface area (Å²) in [6, 6.07) is 16.5. The molecule has 1 aromatic heterocycles. The maximum Gasteiger partial charge on any atom is 0.191 e. The molecule has 2 aromatic carbocycles. The van der Waals surface area contributed by atoms with Crippen molar-refractivity contribution in [1.29, 1.82) is 0 Å². The molecule has 5 heteroatoms. The van der Waals surface area contributed by atoms with E-state index < -0.39 is 0 Å². The summed E-state index contributed by atoms with van der Waals surface area (Å²) < 4.78 is 2.05. The van der Waals surface area contributed by atoms with Gasteiger partial charge in [-0.2, -0.15) is 0 Å². The van der Waals surface area contributed by atoms with Crippen LogP contribution in [-0.2, 0) is 12.5 Å². The van der Waals surface area contributed by atoms with E-state index in [1.165, 1.54) is 5.56 Å². The Morgan fingerprint density at radius 3 is 2.27 bits per heavy atom. The molecule has 3 aromatic rings. The maximum atomic E-state index is 6.32. The zero-order valence-corrected chi connectivity index (χ0v) is 17.4. The van der Waals surface area contributed by atoms with Gasteiger partial charge in [0.2, 0.25) is 0 Å². The second-order valence-electron chi connectivity index (χ2n) is 7.47. The Morgan fingerprint density at radius 2 is 1.65 bits per heavy atom. The molecule has 3 rings (SSSR count). The zero-order chi connectivity index (χ0) is 18.9. The predicted molar refractivity (Wildman–Crippen MR) is 111 cm³/mol. The van der Waals surface area contributed by atoms with E-state index in [0.29, 0.717) is 0 Å². The van der Waals surface area contributed by atoms with E-state index in [9.17, 15) is 0 Å². The molecule has 0 N–H and O–H groups in total. The molecular weight excluding hydrogens is 362 g/mol. The Balaban J connectivity index is 1.83. The molecule has 0 amide bonds. The van der Waals surface area contributed by atoms with Crippen LogP contribution in [0.4, 0.5) is 0 Å². The molecule has 0 saturated carbocycles. The van der Waals surface area contributed by atoms with Crippen molar-refractivity contribution in [2.45, 2.75) is 43.5 Å². The van der Waals surface area contributed by atoms with Crippen molar-refractivity contribution in [3.8, 4) is 11.4 Å². The van der Waals surface area contributed by atoms with E-state index >= 15 is 0 Å². The van der Waals surface area contributed by atoms with E-state index in [4.69, 9.17) is 11.6 Å². The van der Waals surface area contributed by atoms with Crippen LogP contribution in [0, 0.1) is 0 Å². The van der Waals surface area contributed by atoms with Gasteiger partial charge in [0.1, 0.15) is 0 Å². The average molecular weight is 386 g/mol. The molecular formula is C21H24ClN3S. The van der Waals surface area contributed by atoms with Gasteiger partial charge in [-0.15, -0.1) is 10.2 Å². The second-order valence-corrected chi connectivity index (χ2v) is 9.19. The van der Waals surface area contributed by atoms with Crippen molar-refractivity contribution in [3.63, 3.8) is 0 Å². The van der Waals surface area contributed by atoms with Crippen LogP contribution in [0.15, 0.2) is 53.7 Å². The lowest BCUT2D eigenvalue weighted by atomic mass is 9.87. The number of aromatic nitrogens is 3. The van der Waals surface area contributed by atoms with Gasteiger partial charge in [-0.05, 0) is 29.5 Å². The van der Waals surface area contributed by atoms with E-state index in [1.807, 2.05) is 29.8 Å². The van der Waals surface area contributed by atoms with Gasteiger partial charge in [-0.1, -0.05) is 86.6 Å². The zero-order valence-electron chi connectivity index (χ0n) is 15.8. The lowest BCUT2D eigenvalue weighted by Crippen LogP contribution is -2.10. The van der Waals surface area contributed by atoms with Crippen molar-refractivity contribution in [2.24, 2.45) is 7.05 Å². The molecule has 0 fully saturated rings. The largest absolute Gasteiger partial charge is 0.305 e. The minimum atomic E-state index is 0.143. The highest BCUT2D eigenvalue weighted by atomic mass is 35.5. The molecule has 1 atom stereocenters. The first-order valence-corrected chi connectivity index (χ1v) is 9.94. The minimum Gasteiger partial charge on any atom is -0.305 e. The Labute approximate surface area is 164 Å². The van der Waals surface area contributed by atoms with Crippen molar-refractivity contribution in [1.82, 2.24) is 14.8 Å². The number of halogens is 1. The molecule has 26 heavy (non-hydrogen) atoms. The normalized spacial score (nSPS) is 13.0. The van der Waals surface area contributed by atoms with Crippen LogP contribution in [0.25, 0.3) is 11.4 Å². The highest BCUT2D eigenvalue weighted by Gasteiger charge is 2.18. The third-order valence-electron chi connectivity index (χ3n) is 4.47. The molecule has 0 aliphatic rings. The Bertz CT molecular complexity index is 894. The molecule has 3 nitrogen and oxygen atoms in total. The fraction of sp³-hybridized carbons (Fsp3) is 0.333. The summed E-state index contributed by atoms with van der Waals surface area (Å²) in [5.41, 5.74) is 3.64. The second kappa shape index (κ2) is 7.45. The van der Waals surface area contributed by atoms with Crippen molar-refractivity contribution >= 4 is 23.4 Å². The standard InChI is InChI=1S/C21H24ClN3S/c1-14(17-8-6-7-9-18(17)22)26-20-24-23-19(25(20)5)15-10-12-16(13-11-15)21(2,3)4/h6-14H,1-5H3/t14-/m1/s1. The third-order valence-corrected chi connectivity index (χ3v) is 5.99. The van der Waals surface area contributed by atoms with Crippen LogP contribution >= 0.6 is 23.4 Å². The van der Waals surface area contributed by atoms with E-state index in [1.54, 1.807) is 11.8 Å².